The molecule has 0 atom stereocenters. The summed E-state index contributed by atoms with van der Waals surface area (Å²) in [4.78, 5) is 13.5. The molecule has 0 radical (unpaired) electrons. The van der Waals surface area contributed by atoms with Crippen molar-refractivity contribution in [3.63, 3.8) is 0 Å². The maximum Gasteiger partial charge on any atom is 0.233 e. The van der Waals surface area contributed by atoms with Crippen LogP contribution < -0.4 is 0 Å². The molecule has 1 aromatic rings. The SMILES string of the molecule is O=C(CBr)N(Cc1cccc(F)c1)C1CC1. The van der Waals surface area contributed by atoms with Gasteiger partial charge in [-0.05, 0) is 30.5 Å². The van der Waals surface area contributed by atoms with Crippen molar-refractivity contribution in [2.24, 2.45) is 0 Å². The van der Waals surface area contributed by atoms with Crippen molar-refractivity contribution in [2.75, 3.05) is 5.33 Å². The summed E-state index contributed by atoms with van der Waals surface area (Å²) in [5, 5.41) is 0.332. The molecule has 0 bridgehead atoms. The molecule has 1 aliphatic rings. The molecule has 0 spiro atoms. The number of carbonyl (C=O) groups excluding carboxylic acids is 1. The van der Waals surface area contributed by atoms with Crippen LogP contribution in [-0.2, 0) is 11.3 Å². The van der Waals surface area contributed by atoms with Gasteiger partial charge in [0.25, 0.3) is 0 Å². The second kappa shape index (κ2) is 4.95. The number of nitrogens with zero attached hydrogens (tertiary/aromatic N) is 1. The maximum atomic E-state index is 13.0. The van der Waals surface area contributed by atoms with Gasteiger partial charge in [0.2, 0.25) is 5.91 Å². The Morgan fingerprint density at radius 3 is 2.81 bits per heavy atom. The van der Waals surface area contributed by atoms with E-state index in [1.54, 1.807) is 6.07 Å². The average Bonchev–Trinajstić information content (AvgIpc) is 3.09. The first-order valence-corrected chi connectivity index (χ1v) is 6.42. The summed E-state index contributed by atoms with van der Waals surface area (Å²) in [7, 11) is 0. The molecule has 0 aliphatic heterocycles. The minimum absolute atomic E-state index is 0.0757. The van der Waals surface area contributed by atoms with E-state index >= 15 is 0 Å². The molecule has 1 saturated carbocycles. The van der Waals surface area contributed by atoms with E-state index in [1.165, 1.54) is 12.1 Å². The third-order valence-electron chi connectivity index (χ3n) is 2.66. The third-order valence-corrected chi connectivity index (χ3v) is 3.14. The van der Waals surface area contributed by atoms with E-state index in [0.717, 1.165) is 18.4 Å². The molecule has 0 unspecified atom stereocenters. The minimum atomic E-state index is -0.250. The van der Waals surface area contributed by atoms with E-state index in [0.29, 0.717) is 17.9 Å². The van der Waals surface area contributed by atoms with Crippen molar-refractivity contribution in [1.29, 1.82) is 0 Å². The van der Waals surface area contributed by atoms with Crippen LogP contribution in [0.15, 0.2) is 24.3 Å². The first-order chi connectivity index (χ1) is 7.70. The van der Waals surface area contributed by atoms with Gasteiger partial charge < -0.3 is 4.90 Å². The predicted octanol–water partition coefficient (Wildman–Crippen LogP) is 2.71. The summed E-state index contributed by atoms with van der Waals surface area (Å²) in [5.74, 6) is -0.175. The highest BCUT2D eigenvalue weighted by atomic mass is 79.9. The summed E-state index contributed by atoms with van der Waals surface area (Å²) in [6, 6.07) is 6.77. The van der Waals surface area contributed by atoms with Crippen molar-refractivity contribution in [2.45, 2.75) is 25.4 Å². The number of hydrogen-bond donors (Lipinski definition) is 0. The maximum absolute atomic E-state index is 13.0. The lowest BCUT2D eigenvalue weighted by Gasteiger charge is -2.21. The van der Waals surface area contributed by atoms with Crippen molar-refractivity contribution >= 4 is 21.8 Å². The summed E-state index contributed by atoms with van der Waals surface area (Å²) < 4.78 is 13.0. The van der Waals surface area contributed by atoms with Gasteiger partial charge in [-0.15, -0.1) is 0 Å². The highest BCUT2D eigenvalue weighted by Crippen LogP contribution is 2.28. The quantitative estimate of drug-likeness (QED) is 0.779. The zero-order valence-electron chi connectivity index (χ0n) is 8.83. The van der Waals surface area contributed by atoms with Gasteiger partial charge in [0.1, 0.15) is 5.82 Å². The fourth-order valence-corrected chi connectivity index (χ4v) is 2.04. The Labute approximate surface area is 103 Å². The molecule has 1 fully saturated rings. The molecule has 0 heterocycles. The van der Waals surface area contributed by atoms with Gasteiger partial charge in [-0.25, -0.2) is 4.39 Å². The van der Waals surface area contributed by atoms with Gasteiger partial charge in [-0.1, -0.05) is 28.1 Å². The van der Waals surface area contributed by atoms with Crippen LogP contribution in [-0.4, -0.2) is 22.2 Å². The number of rotatable bonds is 4. The first kappa shape index (κ1) is 11.6. The smallest absolute Gasteiger partial charge is 0.233 e. The number of hydrogen-bond acceptors (Lipinski definition) is 1. The van der Waals surface area contributed by atoms with Crippen LogP contribution in [0.25, 0.3) is 0 Å². The molecule has 16 heavy (non-hydrogen) atoms. The first-order valence-electron chi connectivity index (χ1n) is 5.30. The number of carbonyl (C=O) groups is 1. The largest absolute Gasteiger partial charge is 0.335 e. The average molecular weight is 286 g/mol. The van der Waals surface area contributed by atoms with Crippen molar-refractivity contribution in [3.8, 4) is 0 Å². The lowest BCUT2D eigenvalue weighted by molar-refractivity contribution is -0.129. The highest BCUT2D eigenvalue weighted by Gasteiger charge is 2.31. The zero-order valence-corrected chi connectivity index (χ0v) is 10.4. The van der Waals surface area contributed by atoms with Crippen LogP contribution in [0, 0.1) is 5.82 Å². The standard InChI is InChI=1S/C12H13BrFNO/c13-7-12(16)15(11-4-5-11)8-9-2-1-3-10(14)6-9/h1-3,6,11H,4-5,7-8H2. The van der Waals surface area contributed by atoms with Gasteiger partial charge in [-0.3, -0.25) is 4.79 Å². The van der Waals surface area contributed by atoms with Crippen molar-refractivity contribution < 1.29 is 9.18 Å². The van der Waals surface area contributed by atoms with Gasteiger partial charge in [0.05, 0.1) is 5.33 Å². The molecule has 4 heteroatoms. The fourth-order valence-electron chi connectivity index (χ4n) is 1.72. The van der Waals surface area contributed by atoms with Crippen LogP contribution in [0.3, 0.4) is 0 Å². The van der Waals surface area contributed by atoms with E-state index in [9.17, 15) is 9.18 Å². The van der Waals surface area contributed by atoms with Crippen molar-refractivity contribution in [1.82, 2.24) is 4.90 Å². The van der Waals surface area contributed by atoms with E-state index in [2.05, 4.69) is 15.9 Å². The predicted molar refractivity (Wildman–Crippen MR) is 63.8 cm³/mol. The van der Waals surface area contributed by atoms with E-state index in [1.807, 2.05) is 11.0 Å². The van der Waals surface area contributed by atoms with Gasteiger partial charge in [0.15, 0.2) is 0 Å². The molecular formula is C12H13BrFNO. The molecule has 1 amide bonds. The minimum Gasteiger partial charge on any atom is -0.335 e. The molecule has 1 aliphatic carbocycles. The summed E-state index contributed by atoms with van der Waals surface area (Å²) in [6.07, 6.45) is 2.13. The lowest BCUT2D eigenvalue weighted by Crippen LogP contribution is -2.33. The highest BCUT2D eigenvalue weighted by molar-refractivity contribution is 9.09. The molecule has 1 aromatic carbocycles. The van der Waals surface area contributed by atoms with Crippen LogP contribution in [0.1, 0.15) is 18.4 Å². The third kappa shape index (κ3) is 2.82. The Hall–Kier alpha value is -0.900. The molecular weight excluding hydrogens is 273 g/mol. The monoisotopic (exact) mass is 285 g/mol. The Balaban J connectivity index is 2.08. The molecule has 0 saturated heterocycles. The van der Waals surface area contributed by atoms with E-state index in [-0.39, 0.29) is 11.7 Å². The van der Waals surface area contributed by atoms with Crippen LogP contribution in [0.4, 0.5) is 4.39 Å². The normalized spacial score (nSPS) is 14.9. The van der Waals surface area contributed by atoms with Gasteiger partial charge in [-0.2, -0.15) is 0 Å². The second-order valence-electron chi connectivity index (χ2n) is 4.02. The summed E-state index contributed by atoms with van der Waals surface area (Å²) >= 11 is 3.17. The zero-order chi connectivity index (χ0) is 11.5. The van der Waals surface area contributed by atoms with Crippen LogP contribution in [0.2, 0.25) is 0 Å². The van der Waals surface area contributed by atoms with Gasteiger partial charge in [0, 0.05) is 12.6 Å². The van der Waals surface area contributed by atoms with Crippen LogP contribution in [0.5, 0.6) is 0 Å². The second-order valence-corrected chi connectivity index (χ2v) is 4.58. The van der Waals surface area contributed by atoms with Gasteiger partial charge >= 0.3 is 0 Å². The van der Waals surface area contributed by atoms with E-state index < -0.39 is 0 Å². The Morgan fingerprint density at radius 1 is 1.50 bits per heavy atom. The van der Waals surface area contributed by atoms with Crippen LogP contribution >= 0.6 is 15.9 Å². The Kier molecular flexibility index (Phi) is 3.59. The number of amides is 1. The summed E-state index contributed by atoms with van der Waals surface area (Å²) in [6.45, 7) is 0.507. The van der Waals surface area contributed by atoms with Crippen molar-refractivity contribution in [3.05, 3.63) is 35.6 Å². The van der Waals surface area contributed by atoms with E-state index in [4.69, 9.17) is 0 Å². The molecule has 0 N–H and O–H groups in total. The number of alkyl halides is 1. The Morgan fingerprint density at radius 2 is 2.25 bits per heavy atom. The molecule has 2 rings (SSSR count). The molecule has 0 aromatic heterocycles. The lowest BCUT2D eigenvalue weighted by atomic mass is 10.2. The fraction of sp³-hybridized carbons (Fsp3) is 0.417. The number of benzene rings is 1. The molecule has 86 valence electrons. The Bertz CT molecular complexity index is 392. The number of halogens is 2. The summed E-state index contributed by atoms with van der Waals surface area (Å²) in [5.41, 5.74) is 0.848. The topological polar surface area (TPSA) is 20.3 Å². The molecule has 2 nitrogen and oxygen atoms in total.